The second-order valence-electron chi connectivity index (χ2n) is 6.73. The van der Waals surface area contributed by atoms with E-state index >= 15 is 0 Å². The van der Waals surface area contributed by atoms with Crippen LogP contribution in [0.4, 0.5) is 5.95 Å². The highest BCUT2D eigenvalue weighted by molar-refractivity contribution is 5.33. The van der Waals surface area contributed by atoms with Crippen LogP contribution < -0.4 is 10.2 Å². The van der Waals surface area contributed by atoms with Crippen LogP contribution >= 0.6 is 0 Å². The Morgan fingerprint density at radius 3 is 2.81 bits per heavy atom. The maximum absolute atomic E-state index is 5.70. The van der Waals surface area contributed by atoms with Crippen molar-refractivity contribution in [2.24, 2.45) is 0 Å². The van der Waals surface area contributed by atoms with Crippen LogP contribution in [0.25, 0.3) is 0 Å². The summed E-state index contributed by atoms with van der Waals surface area (Å²) in [4.78, 5) is 11.5. The maximum Gasteiger partial charge on any atom is 0.225 e. The minimum Gasteiger partial charge on any atom is -0.375 e. The molecular formula is C16H28N4O. The average molecular weight is 292 g/mol. The smallest absolute Gasteiger partial charge is 0.225 e. The standard InChI is InChI=1S/C16H28N4O/c1-6-14-11-20(7-8-21-14)15-17-9-13(12(2)19-15)10-18-16(3,4)5/h9,14,18H,6-8,10-11H2,1-5H3. The van der Waals surface area contributed by atoms with E-state index in [1.807, 2.05) is 6.20 Å². The Morgan fingerprint density at radius 2 is 2.19 bits per heavy atom. The van der Waals surface area contributed by atoms with Gasteiger partial charge in [-0.15, -0.1) is 0 Å². The van der Waals surface area contributed by atoms with E-state index in [2.05, 4.69) is 54.8 Å². The third kappa shape index (κ3) is 4.64. The van der Waals surface area contributed by atoms with Crippen LogP contribution in [-0.2, 0) is 11.3 Å². The molecule has 1 fully saturated rings. The van der Waals surface area contributed by atoms with Gasteiger partial charge in [0.25, 0.3) is 0 Å². The Hall–Kier alpha value is -1.20. The summed E-state index contributed by atoms with van der Waals surface area (Å²) in [5, 5.41) is 3.48. The van der Waals surface area contributed by atoms with E-state index < -0.39 is 0 Å². The van der Waals surface area contributed by atoms with E-state index in [0.717, 1.165) is 49.9 Å². The van der Waals surface area contributed by atoms with Gasteiger partial charge in [-0.3, -0.25) is 0 Å². The van der Waals surface area contributed by atoms with Crippen molar-refractivity contribution in [2.45, 2.75) is 59.2 Å². The molecule has 5 nitrogen and oxygen atoms in total. The monoisotopic (exact) mass is 292 g/mol. The van der Waals surface area contributed by atoms with E-state index in [1.54, 1.807) is 0 Å². The van der Waals surface area contributed by atoms with Crippen molar-refractivity contribution in [1.82, 2.24) is 15.3 Å². The normalized spacial score (nSPS) is 19.9. The Bertz CT molecular complexity index is 470. The molecule has 1 unspecified atom stereocenters. The molecule has 21 heavy (non-hydrogen) atoms. The first-order valence-corrected chi connectivity index (χ1v) is 7.83. The Morgan fingerprint density at radius 1 is 1.43 bits per heavy atom. The summed E-state index contributed by atoms with van der Waals surface area (Å²) in [6.45, 7) is 14.0. The Kier molecular flexibility index (Phi) is 5.17. The molecule has 1 aromatic heterocycles. The van der Waals surface area contributed by atoms with Crippen LogP contribution in [-0.4, -0.2) is 41.3 Å². The van der Waals surface area contributed by atoms with E-state index in [9.17, 15) is 0 Å². The summed E-state index contributed by atoms with van der Waals surface area (Å²) < 4.78 is 5.70. The van der Waals surface area contributed by atoms with Gasteiger partial charge in [0.2, 0.25) is 5.95 Å². The Labute approximate surface area is 128 Å². The average Bonchev–Trinajstić information content (AvgIpc) is 2.45. The van der Waals surface area contributed by atoms with Crippen molar-refractivity contribution in [2.75, 3.05) is 24.6 Å². The minimum atomic E-state index is 0.101. The van der Waals surface area contributed by atoms with Gasteiger partial charge in [0.15, 0.2) is 0 Å². The summed E-state index contributed by atoms with van der Waals surface area (Å²) in [7, 11) is 0. The fourth-order valence-electron chi connectivity index (χ4n) is 2.31. The van der Waals surface area contributed by atoms with Crippen molar-refractivity contribution in [1.29, 1.82) is 0 Å². The molecule has 0 amide bonds. The summed E-state index contributed by atoms with van der Waals surface area (Å²) in [5.74, 6) is 0.828. The lowest BCUT2D eigenvalue weighted by molar-refractivity contribution is 0.0378. The molecule has 1 aliphatic rings. The van der Waals surface area contributed by atoms with Crippen LogP contribution in [0.3, 0.4) is 0 Å². The molecule has 2 rings (SSSR count). The largest absolute Gasteiger partial charge is 0.375 e. The van der Waals surface area contributed by atoms with Crippen LogP contribution in [0.2, 0.25) is 0 Å². The zero-order valence-electron chi connectivity index (χ0n) is 13.9. The summed E-state index contributed by atoms with van der Waals surface area (Å²) >= 11 is 0. The fraction of sp³-hybridized carbons (Fsp3) is 0.750. The third-order valence-electron chi connectivity index (χ3n) is 3.75. The lowest BCUT2D eigenvalue weighted by Crippen LogP contribution is -2.43. The molecular weight excluding hydrogens is 264 g/mol. The molecule has 0 saturated carbocycles. The molecule has 1 aliphatic heterocycles. The number of nitrogens with one attached hydrogen (secondary N) is 1. The molecule has 1 N–H and O–H groups in total. The van der Waals surface area contributed by atoms with Crippen LogP contribution in [0, 0.1) is 6.92 Å². The summed E-state index contributed by atoms with van der Waals surface area (Å²) in [6.07, 6.45) is 3.28. The van der Waals surface area contributed by atoms with Gasteiger partial charge in [0, 0.05) is 42.6 Å². The number of aryl methyl sites for hydroxylation is 1. The summed E-state index contributed by atoms with van der Waals surface area (Å²) in [6, 6.07) is 0. The molecule has 0 spiro atoms. The quantitative estimate of drug-likeness (QED) is 0.922. The number of ether oxygens (including phenoxy) is 1. The topological polar surface area (TPSA) is 50.3 Å². The van der Waals surface area contributed by atoms with E-state index in [4.69, 9.17) is 4.74 Å². The van der Waals surface area contributed by atoms with Gasteiger partial charge in [-0.1, -0.05) is 6.92 Å². The molecule has 0 aromatic carbocycles. The molecule has 1 atom stereocenters. The number of aromatic nitrogens is 2. The highest BCUT2D eigenvalue weighted by Gasteiger charge is 2.21. The number of hydrogen-bond donors (Lipinski definition) is 1. The van der Waals surface area contributed by atoms with Crippen molar-refractivity contribution >= 4 is 5.95 Å². The van der Waals surface area contributed by atoms with E-state index in [1.165, 1.54) is 0 Å². The SMILES string of the molecule is CCC1CN(c2ncc(CNC(C)(C)C)c(C)n2)CCO1. The number of hydrogen-bond acceptors (Lipinski definition) is 5. The molecule has 0 bridgehead atoms. The predicted molar refractivity (Wildman–Crippen MR) is 85.6 cm³/mol. The number of anilines is 1. The van der Waals surface area contributed by atoms with Gasteiger partial charge in [0.05, 0.1) is 12.7 Å². The van der Waals surface area contributed by atoms with Crippen LogP contribution in [0.5, 0.6) is 0 Å². The maximum atomic E-state index is 5.70. The van der Waals surface area contributed by atoms with Gasteiger partial charge < -0.3 is 15.0 Å². The summed E-state index contributed by atoms with van der Waals surface area (Å²) in [5.41, 5.74) is 2.31. The van der Waals surface area contributed by atoms with Crippen LogP contribution in [0.15, 0.2) is 6.20 Å². The zero-order valence-corrected chi connectivity index (χ0v) is 13.9. The minimum absolute atomic E-state index is 0.101. The highest BCUT2D eigenvalue weighted by Crippen LogP contribution is 2.16. The molecule has 1 saturated heterocycles. The van der Waals surface area contributed by atoms with Gasteiger partial charge >= 0.3 is 0 Å². The van der Waals surface area contributed by atoms with E-state index in [-0.39, 0.29) is 5.54 Å². The lowest BCUT2D eigenvalue weighted by atomic mass is 10.1. The van der Waals surface area contributed by atoms with E-state index in [0.29, 0.717) is 6.10 Å². The number of nitrogens with zero attached hydrogens (tertiary/aromatic N) is 3. The lowest BCUT2D eigenvalue weighted by Gasteiger charge is -2.32. The molecule has 118 valence electrons. The number of morpholine rings is 1. The zero-order chi connectivity index (χ0) is 15.5. The first-order chi connectivity index (χ1) is 9.89. The molecule has 0 radical (unpaired) electrons. The van der Waals surface area contributed by atoms with Crippen LogP contribution in [0.1, 0.15) is 45.4 Å². The molecule has 2 heterocycles. The molecule has 0 aliphatic carbocycles. The highest BCUT2D eigenvalue weighted by atomic mass is 16.5. The predicted octanol–water partition coefficient (Wildman–Crippen LogP) is 2.29. The van der Waals surface area contributed by atoms with Gasteiger partial charge in [-0.2, -0.15) is 0 Å². The Balaban J connectivity index is 2.04. The molecule has 5 heteroatoms. The van der Waals surface area contributed by atoms with Crippen molar-refractivity contribution < 1.29 is 4.74 Å². The van der Waals surface area contributed by atoms with Crippen molar-refractivity contribution in [3.63, 3.8) is 0 Å². The second-order valence-corrected chi connectivity index (χ2v) is 6.73. The van der Waals surface area contributed by atoms with Gasteiger partial charge in [0.1, 0.15) is 0 Å². The first-order valence-electron chi connectivity index (χ1n) is 7.83. The number of rotatable bonds is 4. The van der Waals surface area contributed by atoms with Crippen molar-refractivity contribution in [3.05, 3.63) is 17.5 Å². The van der Waals surface area contributed by atoms with Gasteiger partial charge in [-0.05, 0) is 34.1 Å². The third-order valence-corrected chi connectivity index (χ3v) is 3.75. The van der Waals surface area contributed by atoms with Gasteiger partial charge in [-0.25, -0.2) is 9.97 Å². The molecule has 1 aromatic rings. The van der Waals surface area contributed by atoms with Crippen molar-refractivity contribution in [3.8, 4) is 0 Å². The first kappa shape index (κ1) is 16.2. The fourth-order valence-corrected chi connectivity index (χ4v) is 2.31. The second kappa shape index (κ2) is 6.71.